The highest BCUT2D eigenvalue weighted by atomic mass is 32.2. The van der Waals surface area contributed by atoms with Crippen molar-refractivity contribution in [1.29, 1.82) is 0 Å². The van der Waals surface area contributed by atoms with E-state index < -0.39 is 0 Å². The van der Waals surface area contributed by atoms with Crippen LogP contribution in [0.15, 0.2) is 0 Å². The second-order valence-corrected chi connectivity index (χ2v) is 5.94. The van der Waals surface area contributed by atoms with Crippen molar-refractivity contribution in [2.45, 2.75) is 19.8 Å². The van der Waals surface area contributed by atoms with E-state index in [4.69, 9.17) is 0 Å². The number of carbonyl (C=O) groups excluding carboxylic acids is 2. The van der Waals surface area contributed by atoms with Crippen molar-refractivity contribution in [3.05, 3.63) is 0 Å². The van der Waals surface area contributed by atoms with Gasteiger partial charge in [-0.3, -0.25) is 9.59 Å². The monoisotopic (exact) mass is 256 g/mol. The van der Waals surface area contributed by atoms with Gasteiger partial charge in [0.1, 0.15) is 0 Å². The van der Waals surface area contributed by atoms with Crippen molar-refractivity contribution in [2.24, 2.45) is 5.92 Å². The van der Waals surface area contributed by atoms with Crippen molar-refractivity contribution in [2.75, 3.05) is 37.7 Å². The molecule has 2 fully saturated rings. The van der Waals surface area contributed by atoms with Crippen molar-refractivity contribution in [3.8, 4) is 0 Å². The Morgan fingerprint density at radius 1 is 1.00 bits per heavy atom. The van der Waals surface area contributed by atoms with E-state index >= 15 is 0 Å². The quantitative estimate of drug-likeness (QED) is 0.697. The molecular weight excluding hydrogens is 236 g/mol. The molecule has 0 saturated carbocycles. The largest absolute Gasteiger partial charge is 0.339 e. The number of rotatable bonds is 1. The Labute approximate surface area is 107 Å². The average Bonchev–Trinajstić information content (AvgIpc) is 2.39. The lowest BCUT2D eigenvalue weighted by molar-refractivity contribution is -0.141. The molecule has 0 aromatic carbocycles. The van der Waals surface area contributed by atoms with Crippen LogP contribution in [0.3, 0.4) is 0 Å². The lowest BCUT2D eigenvalue weighted by atomic mass is 10.0. The molecule has 96 valence electrons. The topological polar surface area (TPSA) is 40.6 Å². The Morgan fingerprint density at radius 3 is 2.06 bits per heavy atom. The molecule has 0 aromatic rings. The van der Waals surface area contributed by atoms with Gasteiger partial charge in [-0.25, -0.2) is 0 Å². The zero-order valence-electron chi connectivity index (χ0n) is 10.4. The van der Waals surface area contributed by atoms with Crippen molar-refractivity contribution < 1.29 is 9.59 Å². The summed E-state index contributed by atoms with van der Waals surface area (Å²) in [5, 5.41) is 0. The van der Waals surface area contributed by atoms with Crippen molar-refractivity contribution in [3.63, 3.8) is 0 Å². The third-order valence-corrected chi connectivity index (χ3v) is 4.66. The molecule has 0 radical (unpaired) electrons. The van der Waals surface area contributed by atoms with Crippen LogP contribution in [0.5, 0.6) is 0 Å². The van der Waals surface area contributed by atoms with Gasteiger partial charge in [-0.2, -0.15) is 11.8 Å². The van der Waals surface area contributed by atoms with Crippen LogP contribution in [0.2, 0.25) is 0 Å². The molecule has 0 bridgehead atoms. The average molecular weight is 256 g/mol. The fourth-order valence-corrected chi connectivity index (χ4v) is 3.55. The Balaban J connectivity index is 1.83. The van der Waals surface area contributed by atoms with Crippen LogP contribution in [0.4, 0.5) is 0 Å². The van der Waals surface area contributed by atoms with E-state index in [1.165, 1.54) is 0 Å². The van der Waals surface area contributed by atoms with Gasteiger partial charge >= 0.3 is 0 Å². The molecule has 2 amide bonds. The fraction of sp³-hybridized carbons (Fsp3) is 0.833. The number of hydrogen-bond donors (Lipinski definition) is 0. The Bertz CT molecular complexity index is 295. The molecule has 5 heteroatoms. The van der Waals surface area contributed by atoms with Gasteiger partial charge in [0.25, 0.3) is 0 Å². The Morgan fingerprint density at radius 2 is 1.53 bits per heavy atom. The molecule has 17 heavy (non-hydrogen) atoms. The third-order valence-electron chi connectivity index (χ3n) is 3.61. The minimum atomic E-state index is 0.117. The Kier molecular flexibility index (Phi) is 4.31. The minimum absolute atomic E-state index is 0.117. The van der Waals surface area contributed by atoms with Gasteiger partial charge in [-0.05, 0) is 24.3 Å². The van der Waals surface area contributed by atoms with Crippen LogP contribution in [0.25, 0.3) is 0 Å². The zero-order valence-corrected chi connectivity index (χ0v) is 11.2. The van der Waals surface area contributed by atoms with E-state index in [1.54, 1.807) is 6.92 Å². The van der Waals surface area contributed by atoms with Gasteiger partial charge in [-0.15, -0.1) is 0 Å². The van der Waals surface area contributed by atoms with Crippen LogP contribution in [0.1, 0.15) is 19.8 Å². The van der Waals surface area contributed by atoms with Crippen molar-refractivity contribution >= 4 is 23.6 Å². The molecular formula is C12H20N2O2S. The maximum absolute atomic E-state index is 12.2. The smallest absolute Gasteiger partial charge is 0.225 e. The van der Waals surface area contributed by atoms with Gasteiger partial charge in [0.15, 0.2) is 0 Å². The molecule has 0 N–H and O–H groups in total. The molecule has 0 atom stereocenters. The number of piperazine rings is 1. The molecule has 2 aliphatic rings. The number of carbonyl (C=O) groups is 2. The van der Waals surface area contributed by atoms with E-state index in [0.29, 0.717) is 32.1 Å². The minimum Gasteiger partial charge on any atom is -0.339 e. The van der Waals surface area contributed by atoms with E-state index in [0.717, 1.165) is 24.3 Å². The van der Waals surface area contributed by atoms with Crippen LogP contribution in [-0.4, -0.2) is 59.3 Å². The maximum Gasteiger partial charge on any atom is 0.225 e. The van der Waals surface area contributed by atoms with Gasteiger partial charge in [0.2, 0.25) is 11.8 Å². The summed E-state index contributed by atoms with van der Waals surface area (Å²) in [5.74, 6) is 2.90. The first-order valence-electron chi connectivity index (χ1n) is 6.30. The van der Waals surface area contributed by atoms with Gasteiger partial charge in [0.05, 0.1) is 0 Å². The highest BCUT2D eigenvalue weighted by Crippen LogP contribution is 2.24. The van der Waals surface area contributed by atoms with Crippen LogP contribution >= 0.6 is 11.8 Å². The Hall–Kier alpha value is -0.710. The van der Waals surface area contributed by atoms with E-state index in [1.807, 2.05) is 21.6 Å². The zero-order chi connectivity index (χ0) is 12.3. The van der Waals surface area contributed by atoms with Gasteiger partial charge in [-0.1, -0.05) is 0 Å². The molecule has 2 heterocycles. The van der Waals surface area contributed by atoms with Gasteiger partial charge < -0.3 is 9.80 Å². The predicted octanol–water partition coefficient (Wildman–Crippen LogP) is 0.820. The lowest BCUT2D eigenvalue weighted by Crippen LogP contribution is -2.51. The third kappa shape index (κ3) is 3.15. The second kappa shape index (κ2) is 5.76. The SMILES string of the molecule is CC(=O)N1CCN(C(=O)C2CCSCC2)CC1. The summed E-state index contributed by atoms with van der Waals surface area (Å²) in [7, 11) is 0. The number of hydrogen-bond acceptors (Lipinski definition) is 3. The molecule has 2 rings (SSSR count). The summed E-state index contributed by atoms with van der Waals surface area (Å²) >= 11 is 1.94. The van der Waals surface area contributed by atoms with Crippen LogP contribution in [0, 0.1) is 5.92 Å². The summed E-state index contributed by atoms with van der Waals surface area (Å²) in [5.41, 5.74) is 0. The molecule has 0 spiro atoms. The standard InChI is InChI=1S/C12H20N2O2S/c1-10(15)13-4-6-14(7-5-13)12(16)11-2-8-17-9-3-11/h11H,2-9H2,1H3. The summed E-state index contributed by atoms with van der Waals surface area (Å²) in [6.07, 6.45) is 2.05. The number of amides is 2. The van der Waals surface area contributed by atoms with E-state index in [2.05, 4.69) is 0 Å². The molecule has 0 unspecified atom stereocenters. The molecule has 0 aliphatic carbocycles. The number of thioether (sulfide) groups is 1. The molecule has 4 nitrogen and oxygen atoms in total. The van der Waals surface area contributed by atoms with Crippen molar-refractivity contribution in [1.82, 2.24) is 9.80 Å². The van der Waals surface area contributed by atoms with Crippen LogP contribution in [-0.2, 0) is 9.59 Å². The van der Waals surface area contributed by atoms with E-state index in [-0.39, 0.29) is 11.8 Å². The molecule has 2 aliphatic heterocycles. The first-order chi connectivity index (χ1) is 8.18. The molecule has 0 aromatic heterocycles. The fourth-order valence-electron chi connectivity index (χ4n) is 2.44. The van der Waals surface area contributed by atoms with Crippen LogP contribution < -0.4 is 0 Å². The summed E-state index contributed by atoms with van der Waals surface area (Å²) < 4.78 is 0. The predicted molar refractivity (Wildman–Crippen MR) is 68.9 cm³/mol. The summed E-state index contributed by atoms with van der Waals surface area (Å²) in [4.78, 5) is 27.2. The van der Waals surface area contributed by atoms with E-state index in [9.17, 15) is 9.59 Å². The summed E-state index contributed by atoms with van der Waals surface area (Å²) in [6.45, 7) is 4.41. The highest BCUT2D eigenvalue weighted by Gasteiger charge is 2.28. The number of nitrogens with zero attached hydrogens (tertiary/aromatic N) is 2. The first kappa shape index (κ1) is 12.7. The lowest BCUT2D eigenvalue weighted by Gasteiger charge is -2.36. The second-order valence-electron chi connectivity index (χ2n) is 4.72. The summed E-state index contributed by atoms with van der Waals surface area (Å²) in [6, 6.07) is 0. The molecule has 2 saturated heterocycles. The maximum atomic E-state index is 12.2. The first-order valence-corrected chi connectivity index (χ1v) is 7.46. The normalized spacial score (nSPS) is 22.6. The van der Waals surface area contributed by atoms with Gasteiger partial charge in [0, 0.05) is 39.0 Å². The highest BCUT2D eigenvalue weighted by molar-refractivity contribution is 7.99.